The number of carboxylic acids is 2. The van der Waals surface area contributed by atoms with Crippen LogP contribution < -0.4 is 0 Å². The van der Waals surface area contributed by atoms with E-state index in [1.165, 1.54) is 6.92 Å². The van der Waals surface area contributed by atoms with Gasteiger partial charge in [-0.2, -0.15) is 0 Å². The fourth-order valence-corrected chi connectivity index (χ4v) is 3.76. The Morgan fingerprint density at radius 3 is 2.17 bits per heavy atom. The largest absolute Gasteiger partial charge is 0.481 e. The Morgan fingerprint density at radius 1 is 1.17 bits per heavy atom. The van der Waals surface area contributed by atoms with Crippen LogP contribution in [0.25, 0.3) is 0 Å². The first-order valence-electron chi connectivity index (χ1n) is 7.96. The lowest BCUT2D eigenvalue weighted by molar-refractivity contribution is -0.143. The normalized spacial score (nSPS) is 17.5. The highest BCUT2D eigenvalue weighted by Crippen LogP contribution is 2.46. The van der Waals surface area contributed by atoms with Gasteiger partial charge in [0.05, 0.1) is 0 Å². The van der Waals surface area contributed by atoms with E-state index in [9.17, 15) is 24.2 Å². The number of benzene rings is 1. The summed E-state index contributed by atoms with van der Waals surface area (Å²) in [5.74, 6) is -3.33. The second kappa shape index (κ2) is 9.00. The molecule has 6 nitrogen and oxygen atoms in total. The van der Waals surface area contributed by atoms with Gasteiger partial charge in [-0.25, -0.2) is 0 Å². The summed E-state index contributed by atoms with van der Waals surface area (Å²) < 4.78 is 11.7. The van der Waals surface area contributed by atoms with E-state index >= 15 is 0 Å². The van der Waals surface area contributed by atoms with Crippen molar-refractivity contribution in [3.8, 4) is 0 Å². The van der Waals surface area contributed by atoms with Crippen LogP contribution in [0.1, 0.15) is 51.0 Å². The van der Waals surface area contributed by atoms with E-state index in [4.69, 9.17) is 5.11 Å². The molecule has 3 N–H and O–H groups in total. The summed E-state index contributed by atoms with van der Waals surface area (Å²) in [7, 11) is -3.45. The second-order valence-electron chi connectivity index (χ2n) is 6.20. The number of carboxylic acid groups (broad SMARTS) is 2. The van der Waals surface area contributed by atoms with Gasteiger partial charge in [-0.15, -0.1) is 0 Å². The smallest absolute Gasteiger partial charge is 0.319 e. The van der Waals surface area contributed by atoms with Crippen molar-refractivity contribution < 1.29 is 29.3 Å². The SMILES string of the molecule is CCC(CCC(CC(=O)O)C(C)(C(=O)O)[PH](=O)O)c1ccccc1. The Morgan fingerprint density at radius 2 is 1.75 bits per heavy atom. The van der Waals surface area contributed by atoms with Crippen LogP contribution >= 0.6 is 8.03 Å². The summed E-state index contributed by atoms with van der Waals surface area (Å²) in [6.45, 7) is 3.18. The molecule has 0 aliphatic heterocycles. The van der Waals surface area contributed by atoms with Gasteiger partial charge in [-0.3, -0.25) is 14.2 Å². The summed E-state index contributed by atoms with van der Waals surface area (Å²) in [4.78, 5) is 32.2. The van der Waals surface area contributed by atoms with E-state index in [-0.39, 0.29) is 12.3 Å². The van der Waals surface area contributed by atoms with Crippen LogP contribution in [0.4, 0.5) is 0 Å². The Balaban J connectivity index is 2.99. The Kier molecular flexibility index (Phi) is 7.64. The molecule has 0 amide bonds. The molecule has 7 heteroatoms. The molecule has 0 aliphatic carbocycles. The molecule has 0 fully saturated rings. The summed E-state index contributed by atoms with van der Waals surface area (Å²) in [5, 5.41) is 16.6. The average Bonchev–Trinajstić information content (AvgIpc) is 2.53. The van der Waals surface area contributed by atoms with E-state index in [2.05, 4.69) is 0 Å². The molecule has 1 aromatic rings. The minimum atomic E-state index is -3.45. The number of hydrogen-bond acceptors (Lipinski definition) is 3. The average molecular weight is 356 g/mol. The summed E-state index contributed by atoms with van der Waals surface area (Å²) in [5.41, 5.74) is 1.10. The Labute approximate surface area is 142 Å². The van der Waals surface area contributed by atoms with Crippen molar-refractivity contribution in [1.29, 1.82) is 0 Å². The van der Waals surface area contributed by atoms with Crippen molar-refractivity contribution in [2.45, 2.75) is 50.6 Å². The van der Waals surface area contributed by atoms with Crippen molar-refractivity contribution in [1.82, 2.24) is 0 Å². The topological polar surface area (TPSA) is 112 Å². The maximum absolute atomic E-state index is 11.7. The van der Waals surface area contributed by atoms with Gasteiger partial charge in [0.25, 0.3) is 0 Å². The number of aliphatic carboxylic acids is 2. The molecule has 0 bridgehead atoms. The van der Waals surface area contributed by atoms with Gasteiger partial charge in [0, 0.05) is 6.42 Å². The number of hydrogen-bond donors (Lipinski definition) is 3. The van der Waals surface area contributed by atoms with Crippen LogP contribution in [0.15, 0.2) is 30.3 Å². The summed E-state index contributed by atoms with van der Waals surface area (Å²) >= 11 is 0. The standard InChI is InChI=1S/C17H25O6P/c1-3-12(13-7-5-4-6-8-13)9-10-14(11-15(18)19)17(2,16(20)21)24(22)23/h4-8,12,14,24H,3,9-11H2,1-2H3,(H,18,19)(H,20,21)(H,22,23). The van der Waals surface area contributed by atoms with Crippen LogP contribution in [0, 0.1) is 5.92 Å². The third-order valence-corrected chi connectivity index (χ3v) is 6.26. The lowest BCUT2D eigenvalue weighted by atomic mass is 9.81. The molecule has 134 valence electrons. The lowest BCUT2D eigenvalue weighted by Crippen LogP contribution is -2.41. The maximum atomic E-state index is 11.7. The molecule has 0 radical (unpaired) electrons. The van der Waals surface area contributed by atoms with E-state index in [1.807, 2.05) is 37.3 Å². The zero-order chi connectivity index (χ0) is 18.3. The molecule has 0 aromatic heterocycles. The van der Waals surface area contributed by atoms with Gasteiger partial charge in [0.15, 0.2) is 0 Å². The molecule has 0 heterocycles. The van der Waals surface area contributed by atoms with Crippen LogP contribution in [-0.4, -0.2) is 32.2 Å². The van der Waals surface area contributed by atoms with Crippen LogP contribution in [0.2, 0.25) is 0 Å². The van der Waals surface area contributed by atoms with Gasteiger partial charge < -0.3 is 15.1 Å². The molecule has 0 saturated carbocycles. The van der Waals surface area contributed by atoms with Gasteiger partial charge in [0.1, 0.15) is 5.16 Å². The van der Waals surface area contributed by atoms with Crippen molar-refractivity contribution in [2.24, 2.45) is 5.92 Å². The van der Waals surface area contributed by atoms with Gasteiger partial charge in [0.2, 0.25) is 8.03 Å². The predicted molar refractivity (Wildman–Crippen MR) is 91.7 cm³/mol. The van der Waals surface area contributed by atoms with Crippen molar-refractivity contribution in [3.05, 3.63) is 35.9 Å². The fraction of sp³-hybridized carbons (Fsp3) is 0.529. The van der Waals surface area contributed by atoms with E-state index in [0.717, 1.165) is 12.0 Å². The fourth-order valence-electron chi connectivity index (χ4n) is 2.98. The third kappa shape index (κ3) is 4.92. The predicted octanol–water partition coefficient (Wildman–Crippen LogP) is 3.36. The highest BCUT2D eigenvalue weighted by molar-refractivity contribution is 7.41. The molecular weight excluding hydrogens is 331 g/mol. The first kappa shape index (κ1) is 20.4. The van der Waals surface area contributed by atoms with Crippen molar-refractivity contribution >= 4 is 20.0 Å². The zero-order valence-electron chi connectivity index (χ0n) is 13.9. The first-order valence-corrected chi connectivity index (χ1v) is 9.32. The number of rotatable bonds is 10. The molecular formula is C17H25O6P. The van der Waals surface area contributed by atoms with Gasteiger partial charge in [-0.05, 0) is 43.6 Å². The summed E-state index contributed by atoms with van der Waals surface area (Å²) in [6.07, 6.45) is 1.21. The third-order valence-electron chi connectivity index (χ3n) is 4.75. The minimum Gasteiger partial charge on any atom is -0.481 e. The minimum absolute atomic E-state index is 0.154. The van der Waals surface area contributed by atoms with Crippen LogP contribution in [0.3, 0.4) is 0 Å². The highest BCUT2D eigenvalue weighted by atomic mass is 31.1. The molecule has 4 atom stereocenters. The molecule has 1 aromatic carbocycles. The van der Waals surface area contributed by atoms with E-state index < -0.39 is 37.5 Å². The molecule has 24 heavy (non-hydrogen) atoms. The van der Waals surface area contributed by atoms with Crippen LogP contribution in [0.5, 0.6) is 0 Å². The van der Waals surface area contributed by atoms with Crippen molar-refractivity contribution in [3.63, 3.8) is 0 Å². The molecule has 0 saturated heterocycles. The molecule has 4 unspecified atom stereocenters. The first-order chi connectivity index (χ1) is 11.2. The quantitative estimate of drug-likeness (QED) is 0.554. The van der Waals surface area contributed by atoms with E-state index in [1.54, 1.807) is 0 Å². The zero-order valence-corrected chi connectivity index (χ0v) is 14.9. The van der Waals surface area contributed by atoms with Gasteiger partial charge >= 0.3 is 11.9 Å². The van der Waals surface area contributed by atoms with Gasteiger partial charge in [-0.1, -0.05) is 37.3 Å². The Bertz CT molecular complexity index is 572. The number of carbonyl (C=O) groups is 2. The van der Waals surface area contributed by atoms with Crippen LogP contribution in [-0.2, 0) is 14.2 Å². The molecule has 0 spiro atoms. The maximum Gasteiger partial charge on any atom is 0.319 e. The van der Waals surface area contributed by atoms with Crippen molar-refractivity contribution in [2.75, 3.05) is 0 Å². The monoisotopic (exact) mass is 356 g/mol. The second-order valence-corrected chi connectivity index (χ2v) is 7.85. The van der Waals surface area contributed by atoms with E-state index in [0.29, 0.717) is 6.42 Å². The summed E-state index contributed by atoms with van der Waals surface area (Å²) in [6, 6.07) is 9.70. The molecule has 1 rings (SSSR count). The molecule has 0 aliphatic rings. The lowest BCUT2D eigenvalue weighted by Gasteiger charge is -2.31. The highest BCUT2D eigenvalue weighted by Gasteiger charge is 2.47. The Hall–Kier alpha value is -1.65.